The monoisotopic (exact) mass is 300 g/mol. The molecule has 4 N–H and O–H groups in total. The number of rotatable bonds is 5. The van der Waals surface area contributed by atoms with Gasteiger partial charge in [-0.3, -0.25) is 0 Å². The number of hydrogen-bond donors (Lipinski definition) is 4. The highest BCUT2D eigenvalue weighted by Gasteiger charge is 2.47. The molecule has 2 aliphatic heterocycles. The number of ether oxygens (including phenoxy) is 1. The van der Waals surface area contributed by atoms with Gasteiger partial charge in [-0.25, -0.2) is 4.79 Å². The van der Waals surface area contributed by atoms with Gasteiger partial charge in [-0.2, -0.15) is 0 Å². The number of carbonyl (C=O) groups excluding carboxylic acids is 1. The molecule has 120 valence electrons. The molecule has 2 rings (SSSR count). The minimum atomic E-state index is -1.90. The van der Waals surface area contributed by atoms with Crippen molar-refractivity contribution in [2.45, 2.75) is 51.0 Å². The Hall–Kier alpha value is -0.950. The van der Waals surface area contributed by atoms with Crippen LogP contribution in [-0.2, 0) is 9.53 Å². The average molecular weight is 300 g/mol. The topological polar surface area (TPSA) is 91.4 Å². The number of fused-ring (bicyclic) bond motifs is 1. The van der Waals surface area contributed by atoms with E-state index in [1.54, 1.807) is 13.8 Å². The van der Waals surface area contributed by atoms with E-state index < -0.39 is 29.7 Å². The molecule has 6 nitrogen and oxygen atoms in total. The van der Waals surface area contributed by atoms with Crippen molar-refractivity contribution in [3.63, 3.8) is 0 Å². The molecule has 0 bridgehead atoms. The van der Waals surface area contributed by atoms with Gasteiger partial charge in [0.25, 0.3) is 0 Å². The Morgan fingerprint density at radius 3 is 2.76 bits per heavy atom. The van der Waals surface area contributed by atoms with Gasteiger partial charge < -0.3 is 25.0 Å². The lowest BCUT2D eigenvalue weighted by molar-refractivity contribution is -0.897. The van der Waals surface area contributed by atoms with E-state index >= 15 is 0 Å². The van der Waals surface area contributed by atoms with Gasteiger partial charge in [-0.15, -0.1) is 0 Å². The Balaban J connectivity index is 1.98. The van der Waals surface area contributed by atoms with Crippen molar-refractivity contribution in [2.75, 3.05) is 19.7 Å². The van der Waals surface area contributed by atoms with E-state index in [9.17, 15) is 20.1 Å². The third-order valence-corrected chi connectivity index (χ3v) is 4.83. The first-order chi connectivity index (χ1) is 9.78. The fourth-order valence-corrected chi connectivity index (χ4v) is 3.36. The van der Waals surface area contributed by atoms with Crippen LogP contribution in [0.2, 0.25) is 0 Å². The number of aliphatic hydroxyl groups excluding tert-OH is 2. The Labute approximate surface area is 125 Å². The number of aliphatic hydroxyl groups is 3. The molecule has 1 fully saturated rings. The number of hydrogen-bond acceptors (Lipinski definition) is 5. The smallest absolute Gasteiger partial charge is 0.341 e. The van der Waals surface area contributed by atoms with Crippen LogP contribution in [0.5, 0.6) is 0 Å². The molecule has 2 aliphatic rings. The van der Waals surface area contributed by atoms with Crippen molar-refractivity contribution >= 4 is 5.97 Å². The van der Waals surface area contributed by atoms with Crippen LogP contribution < -0.4 is 4.90 Å². The molecule has 2 heterocycles. The summed E-state index contributed by atoms with van der Waals surface area (Å²) in [5.74, 6) is -1.27. The first-order valence-corrected chi connectivity index (χ1v) is 7.57. The Morgan fingerprint density at radius 2 is 2.19 bits per heavy atom. The zero-order valence-electron chi connectivity index (χ0n) is 12.9. The fraction of sp³-hybridized carbons (Fsp3) is 0.800. The van der Waals surface area contributed by atoms with E-state index in [0.717, 1.165) is 25.1 Å². The number of carbonyl (C=O) groups is 1. The van der Waals surface area contributed by atoms with Gasteiger partial charge >= 0.3 is 5.97 Å². The third-order valence-electron chi connectivity index (χ3n) is 4.83. The minimum absolute atomic E-state index is 0.00325. The zero-order valence-corrected chi connectivity index (χ0v) is 12.9. The molecular formula is C15H26NO5+. The van der Waals surface area contributed by atoms with Crippen LogP contribution in [0.15, 0.2) is 11.6 Å². The van der Waals surface area contributed by atoms with Crippen molar-refractivity contribution in [3.8, 4) is 0 Å². The Bertz CT molecular complexity index is 424. The van der Waals surface area contributed by atoms with Gasteiger partial charge in [0.1, 0.15) is 18.8 Å². The third kappa shape index (κ3) is 2.85. The van der Waals surface area contributed by atoms with Gasteiger partial charge in [0.2, 0.25) is 0 Å². The number of quaternary nitrogens is 1. The van der Waals surface area contributed by atoms with E-state index in [-0.39, 0.29) is 12.6 Å². The first kappa shape index (κ1) is 16.4. The predicted molar refractivity (Wildman–Crippen MR) is 75.6 cm³/mol. The Morgan fingerprint density at radius 1 is 1.52 bits per heavy atom. The molecule has 1 unspecified atom stereocenters. The molecule has 0 amide bonds. The molecule has 0 aromatic heterocycles. The highest BCUT2D eigenvalue weighted by molar-refractivity contribution is 5.80. The summed E-state index contributed by atoms with van der Waals surface area (Å²) in [4.78, 5) is 13.4. The lowest BCUT2D eigenvalue weighted by atomic mass is 9.85. The first-order valence-electron chi connectivity index (χ1n) is 7.57. The molecule has 0 aliphatic carbocycles. The second-order valence-electron chi connectivity index (χ2n) is 6.46. The van der Waals surface area contributed by atoms with Crippen LogP contribution in [0.1, 0.15) is 27.2 Å². The van der Waals surface area contributed by atoms with Crippen LogP contribution in [0, 0.1) is 5.92 Å². The van der Waals surface area contributed by atoms with Crippen LogP contribution in [0.3, 0.4) is 0 Å². The zero-order chi connectivity index (χ0) is 15.8. The highest BCUT2D eigenvalue weighted by Crippen LogP contribution is 2.24. The van der Waals surface area contributed by atoms with Crippen molar-refractivity contribution in [1.29, 1.82) is 0 Å². The maximum atomic E-state index is 12.1. The summed E-state index contributed by atoms with van der Waals surface area (Å²) in [5, 5.41) is 30.0. The maximum Gasteiger partial charge on any atom is 0.341 e. The molecule has 0 aromatic carbocycles. The molecule has 0 saturated carbocycles. The van der Waals surface area contributed by atoms with Crippen LogP contribution in [0.25, 0.3) is 0 Å². The van der Waals surface area contributed by atoms with Gasteiger partial charge in [0.05, 0.1) is 19.2 Å². The summed E-state index contributed by atoms with van der Waals surface area (Å²) in [6.07, 6.45) is 1.15. The van der Waals surface area contributed by atoms with Gasteiger partial charge in [0.15, 0.2) is 5.60 Å². The Kier molecular flexibility index (Phi) is 4.72. The van der Waals surface area contributed by atoms with Gasteiger partial charge in [-0.05, 0) is 18.9 Å². The molecule has 6 heteroatoms. The van der Waals surface area contributed by atoms with Crippen LogP contribution >= 0.6 is 0 Å². The van der Waals surface area contributed by atoms with Gasteiger partial charge in [-0.1, -0.05) is 13.8 Å². The summed E-state index contributed by atoms with van der Waals surface area (Å²) >= 11 is 0. The SMILES string of the molecule is CC(C)[C@@](O)(C(=O)OCC1=CC[NH+]2CC[C@@H](O)[C@@H]12)[C@H](C)O. The summed E-state index contributed by atoms with van der Waals surface area (Å²) < 4.78 is 5.23. The van der Waals surface area contributed by atoms with E-state index in [0.29, 0.717) is 0 Å². The average Bonchev–Trinajstić information content (AvgIpc) is 2.98. The molecule has 21 heavy (non-hydrogen) atoms. The molecule has 0 spiro atoms. The number of nitrogens with one attached hydrogen (secondary N) is 1. The lowest BCUT2D eigenvalue weighted by Crippen LogP contribution is -3.12. The molecule has 0 aromatic rings. The van der Waals surface area contributed by atoms with E-state index in [2.05, 4.69) is 0 Å². The summed E-state index contributed by atoms with van der Waals surface area (Å²) in [6, 6.07) is -0.00325. The van der Waals surface area contributed by atoms with Gasteiger partial charge in [0, 0.05) is 12.0 Å². The largest absolute Gasteiger partial charge is 0.459 e. The second-order valence-corrected chi connectivity index (χ2v) is 6.46. The van der Waals surface area contributed by atoms with Crippen molar-refractivity contribution in [2.24, 2.45) is 5.92 Å². The summed E-state index contributed by atoms with van der Waals surface area (Å²) in [7, 11) is 0. The second kappa shape index (κ2) is 6.04. The minimum Gasteiger partial charge on any atom is -0.459 e. The van der Waals surface area contributed by atoms with Crippen molar-refractivity contribution < 1.29 is 29.8 Å². The van der Waals surface area contributed by atoms with Crippen LogP contribution in [0.4, 0.5) is 0 Å². The standard InChI is InChI=1S/C15H25NO5/c1-9(2)15(20,10(3)17)14(19)21-8-11-4-6-16-7-5-12(18)13(11)16/h4,9-10,12-13,17-18,20H,5-8H2,1-3H3/p+1/t10-,12+,13+,15-/m0/s1. The molecule has 0 radical (unpaired) electrons. The predicted octanol–water partition coefficient (Wildman–Crippen LogP) is -1.74. The van der Waals surface area contributed by atoms with E-state index in [4.69, 9.17) is 4.74 Å². The molecule has 5 atom stereocenters. The lowest BCUT2D eigenvalue weighted by Gasteiger charge is -2.32. The summed E-state index contributed by atoms with van der Waals surface area (Å²) in [5.41, 5.74) is -1.000. The molecule has 1 saturated heterocycles. The highest BCUT2D eigenvalue weighted by atomic mass is 16.6. The van der Waals surface area contributed by atoms with Crippen molar-refractivity contribution in [1.82, 2.24) is 0 Å². The van der Waals surface area contributed by atoms with E-state index in [1.807, 2.05) is 6.08 Å². The fourth-order valence-electron chi connectivity index (χ4n) is 3.36. The summed E-state index contributed by atoms with van der Waals surface area (Å²) in [6.45, 7) is 6.52. The van der Waals surface area contributed by atoms with Crippen molar-refractivity contribution in [3.05, 3.63) is 11.6 Å². The number of esters is 1. The maximum absolute atomic E-state index is 12.1. The van der Waals surface area contributed by atoms with E-state index in [1.165, 1.54) is 11.8 Å². The molecular weight excluding hydrogens is 274 g/mol. The normalized spacial score (nSPS) is 32.5. The van der Waals surface area contributed by atoms with Crippen LogP contribution in [-0.4, -0.2) is 64.8 Å². The quantitative estimate of drug-likeness (QED) is 0.357.